The van der Waals surface area contributed by atoms with Crippen LogP contribution in [0.25, 0.3) is 0 Å². The SMILES string of the molecule is CCCN(CCN(C)C)c1cc(C)cc(N)c1. The van der Waals surface area contributed by atoms with Gasteiger partial charge in [-0.2, -0.15) is 0 Å². The molecule has 0 saturated heterocycles. The molecule has 2 N–H and O–H groups in total. The molecule has 0 amide bonds. The Morgan fingerprint density at radius 2 is 1.76 bits per heavy atom. The van der Waals surface area contributed by atoms with Crippen LogP contribution >= 0.6 is 0 Å². The quantitative estimate of drug-likeness (QED) is 0.768. The van der Waals surface area contributed by atoms with E-state index in [9.17, 15) is 0 Å². The van der Waals surface area contributed by atoms with Crippen molar-refractivity contribution in [1.82, 2.24) is 4.90 Å². The summed E-state index contributed by atoms with van der Waals surface area (Å²) in [5, 5.41) is 0. The normalized spacial score (nSPS) is 10.9. The zero-order valence-electron chi connectivity index (χ0n) is 11.5. The summed E-state index contributed by atoms with van der Waals surface area (Å²) in [7, 11) is 4.21. The summed E-state index contributed by atoms with van der Waals surface area (Å²) in [5.41, 5.74) is 9.23. The fraction of sp³-hybridized carbons (Fsp3) is 0.571. The number of anilines is 2. The molecule has 0 saturated carbocycles. The molecule has 0 aromatic heterocycles. The Labute approximate surface area is 105 Å². The third-order valence-electron chi connectivity index (χ3n) is 2.76. The monoisotopic (exact) mass is 235 g/mol. The topological polar surface area (TPSA) is 32.5 Å². The molecule has 0 aliphatic rings. The number of nitrogens with zero attached hydrogens (tertiary/aromatic N) is 2. The van der Waals surface area contributed by atoms with Crippen molar-refractivity contribution < 1.29 is 0 Å². The molecule has 0 fully saturated rings. The average molecular weight is 235 g/mol. The number of nitrogens with two attached hydrogens (primary N) is 1. The molecule has 0 heterocycles. The largest absolute Gasteiger partial charge is 0.399 e. The second-order valence-electron chi connectivity index (χ2n) is 4.89. The van der Waals surface area contributed by atoms with Crippen LogP contribution in [0.1, 0.15) is 18.9 Å². The number of likely N-dealkylation sites (N-methyl/N-ethyl adjacent to an activating group) is 1. The first-order valence-corrected chi connectivity index (χ1v) is 6.29. The minimum Gasteiger partial charge on any atom is -0.399 e. The van der Waals surface area contributed by atoms with E-state index in [4.69, 9.17) is 5.73 Å². The van der Waals surface area contributed by atoms with Gasteiger partial charge in [0, 0.05) is 31.0 Å². The molecule has 0 unspecified atom stereocenters. The molecule has 1 aromatic rings. The second kappa shape index (κ2) is 6.50. The summed E-state index contributed by atoms with van der Waals surface area (Å²) in [4.78, 5) is 4.62. The van der Waals surface area contributed by atoms with E-state index in [2.05, 4.69) is 49.9 Å². The highest BCUT2D eigenvalue weighted by atomic mass is 15.2. The summed E-state index contributed by atoms with van der Waals surface area (Å²) in [6.45, 7) is 7.49. The van der Waals surface area contributed by atoms with Crippen molar-refractivity contribution in [3.05, 3.63) is 23.8 Å². The predicted octanol–water partition coefficient (Wildman–Crippen LogP) is 2.36. The Balaban J connectivity index is 2.80. The van der Waals surface area contributed by atoms with Crippen LogP contribution in [-0.2, 0) is 0 Å². The molecule has 0 bridgehead atoms. The van der Waals surface area contributed by atoms with Crippen LogP contribution in [0.2, 0.25) is 0 Å². The number of hydrogen-bond acceptors (Lipinski definition) is 3. The van der Waals surface area contributed by atoms with Crippen LogP contribution in [-0.4, -0.2) is 38.6 Å². The fourth-order valence-corrected chi connectivity index (χ4v) is 1.94. The van der Waals surface area contributed by atoms with Crippen LogP contribution in [0.4, 0.5) is 11.4 Å². The smallest absolute Gasteiger partial charge is 0.0389 e. The van der Waals surface area contributed by atoms with Gasteiger partial charge in [0.15, 0.2) is 0 Å². The molecule has 17 heavy (non-hydrogen) atoms. The van der Waals surface area contributed by atoms with E-state index in [1.165, 1.54) is 11.3 Å². The van der Waals surface area contributed by atoms with Crippen molar-refractivity contribution in [2.24, 2.45) is 0 Å². The van der Waals surface area contributed by atoms with Gasteiger partial charge in [-0.05, 0) is 51.2 Å². The van der Waals surface area contributed by atoms with Gasteiger partial charge < -0.3 is 15.5 Å². The Kier molecular flexibility index (Phi) is 5.29. The predicted molar refractivity (Wildman–Crippen MR) is 76.6 cm³/mol. The number of hydrogen-bond donors (Lipinski definition) is 1. The summed E-state index contributed by atoms with van der Waals surface area (Å²) in [6, 6.07) is 6.29. The van der Waals surface area contributed by atoms with E-state index in [-0.39, 0.29) is 0 Å². The third kappa shape index (κ3) is 4.65. The van der Waals surface area contributed by atoms with Crippen molar-refractivity contribution in [2.45, 2.75) is 20.3 Å². The van der Waals surface area contributed by atoms with Crippen molar-refractivity contribution in [3.8, 4) is 0 Å². The van der Waals surface area contributed by atoms with Crippen molar-refractivity contribution in [2.75, 3.05) is 44.4 Å². The Morgan fingerprint density at radius 3 is 2.29 bits per heavy atom. The first kappa shape index (κ1) is 13.8. The lowest BCUT2D eigenvalue weighted by molar-refractivity contribution is 0.413. The maximum absolute atomic E-state index is 5.91. The molecule has 1 rings (SSSR count). The van der Waals surface area contributed by atoms with Crippen LogP contribution in [0.5, 0.6) is 0 Å². The number of benzene rings is 1. The average Bonchev–Trinajstić information content (AvgIpc) is 2.22. The van der Waals surface area contributed by atoms with Crippen LogP contribution < -0.4 is 10.6 Å². The van der Waals surface area contributed by atoms with Gasteiger partial charge in [-0.25, -0.2) is 0 Å². The van der Waals surface area contributed by atoms with Gasteiger partial charge in [0.1, 0.15) is 0 Å². The van der Waals surface area contributed by atoms with E-state index in [0.29, 0.717) is 0 Å². The van der Waals surface area contributed by atoms with E-state index in [0.717, 1.165) is 31.7 Å². The van der Waals surface area contributed by atoms with Crippen molar-refractivity contribution in [3.63, 3.8) is 0 Å². The standard InChI is InChI=1S/C14H25N3/c1-5-6-17(8-7-16(3)4)14-10-12(2)9-13(15)11-14/h9-11H,5-8,15H2,1-4H3. The van der Waals surface area contributed by atoms with Gasteiger partial charge in [0.25, 0.3) is 0 Å². The molecular weight excluding hydrogens is 210 g/mol. The highest BCUT2D eigenvalue weighted by Crippen LogP contribution is 2.20. The van der Waals surface area contributed by atoms with E-state index in [1.807, 2.05) is 6.07 Å². The number of aryl methyl sites for hydroxylation is 1. The first-order valence-electron chi connectivity index (χ1n) is 6.29. The summed E-state index contributed by atoms with van der Waals surface area (Å²) in [5.74, 6) is 0. The lowest BCUT2D eigenvalue weighted by atomic mass is 10.1. The second-order valence-corrected chi connectivity index (χ2v) is 4.89. The van der Waals surface area contributed by atoms with E-state index < -0.39 is 0 Å². The number of rotatable bonds is 6. The van der Waals surface area contributed by atoms with Crippen molar-refractivity contribution >= 4 is 11.4 Å². The van der Waals surface area contributed by atoms with Gasteiger partial charge in [0.05, 0.1) is 0 Å². The maximum Gasteiger partial charge on any atom is 0.0389 e. The Bertz CT molecular complexity index is 327. The molecule has 3 nitrogen and oxygen atoms in total. The molecule has 0 spiro atoms. The molecule has 1 aromatic carbocycles. The molecule has 0 aliphatic heterocycles. The van der Waals surface area contributed by atoms with Gasteiger partial charge in [0.2, 0.25) is 0 Å². The molecule has 0 aliphatic carbocycles. The maximum atomic E-state index is 5.91. The molecule has 0 radical (unpaired) electrons. The zero-order chi connectivity index (χ0) is 12.8. The molecular formula is C14H25N3. The van der Waals surface area contributed by atoms with Crippen LogP contribution in [0.3, 0.4) is 0 Å². The fourth-order valence-electron chi connectivity index (χ4n) is 1.94. The van der Waals surface area contributed by atoms with Crippen LogP contribution in [0, 0.1) is 6.92 Å². The van der Waals surface area contributed by atoms with Gasteiger partial charge >= 0.3 is 0 Å². The van der Waals surface area contributed by atoms with E-state index in [1.54, 1.807) is 0 Å². The van der Waals surface area contributed by atoms with Gasteiger partial charge in [-0.3, -0.25) is 0 Å². The van der Waals surface area contributed by atoms with Gasteiger partial charge in [-0.15, -0.1) is 0 Å². The number of nitrogen functional groups attached to an aromatic ring is 1. The highest BCUT2D eigenvalue weighted by Gasteiger charge is 2.07. The minimum atomic E-state index is 0.853. The Hall–Kier alpha value is -1.22. The molecule has 0 atom stereocenters. The third-order valence-corrected chi connectivity index (χ3v) is 2.76. The first-order chi connectivity index (χ1) is 8.02. The summed E-state index contributed by atoms with van der Waals surface area (Å²) in [6.07, 6.45) is 1.15. The van der Waals surface area contributed by atoms with Gasteiger partial charge in [-0.1, -0.05) is 6.92 Å². The van der Waals surface area contributed by atoms with Crippen molar-refractivity contribution in [1.29, 1.82) is 0 Å². The zero-order valence-corrected chi connectivity index (χ0v) is 11.5. The molecule has 96 valence electrons. The lowest BCUT2D eigenvalue weighted by Gasteiger charge is -2.26. The van der Waals surface area contributed by atoms with Crippen LogP contribution in [0.15, 0.2) is 18.2 Å². The Morgan fingerprint density at radius 1 is 1.06 bits per heavy atom. The lowest BCUT2D eigenvalue weighted by Crippen LogP contribution is -2.32. The summed E-state index contributed by atoms with van der Waals surface area (Å²) >= 11 is 0. The minimum absolute atomic E-state index is 0.853. The van der Waals surface area contributed by atoms with E-state index >= 15 is 0 Å². The summed E-state index contributed by atoms with van der Waals surface area (Å²) < 4.78 is 0. The molecule has 3 heteroatoms. The highest BCUT2D eigenvalue weighted by molar-refractivity contribution is 5.58.